The second-order valence-electron chi connectivity index (χ2n) is 7.36. The lowest BCUT2D eigenvalue weighted by molar-refractivity contribution is -0.386. The Kier molecular flexibility index (Phi) is 10.1. The molecule has 0 saturated heterocycles. The van der Waals surface area contributed by atoms with Crippen LogP contribution in [0.5, 0.6) is 11.5 Å². The van der Waals surface area contributed by atoms with Gasteiger partial charge in [-0.3, -0.25) is 10.1 Å². The van der Waals surface area contributed by atoms with E-state index in [1.165, 1.54) is 0 Å². The first-order valence-corrected chi connectivity index (χ1v) is 12.5. The monoisotopic (exact) mass is 525 g/mol. The summed E-state index contributed by atoms with van der Waals surface area (Å²) >= 11 is 0. The van der Waals surface area contributed by atoms with Crippen LogP contribution >= 0.6 is 7.72 Å². The number of methoxy groups -OCH3 is 1. The Morgan fingerprint density at radius 2 is 1.83 bits per heavy atom. The average Bonchev–Trinajstić information content (AvgIpc) is 2.86. The highest BCUT2D eigenvalue weighted by Crippen LogP contribution is 2.54. The van der Waals surface area contributed by atoms with Crippen molar-refractivity contribution < 1.29 is 48.4 Å². The smallest absolute Gasteiger partial charge is 0.408 e. The van der Waals surface area contributed by atoms with Crippen LogP contribution < -0.4 is 10.1 Å². The van der Waals surface area contributed by atoms with Gasteiger partial charge in [0.1, 0.15) is 18.8 Å². The van der Waals surface area contributed by atoms with Crippen LogP contribution in [0.15, 0.2) is 42.5 Å². The minimum absolute atomic E-state index is 0.00768. The maximum atomic E-state index is 12.8. The van der Waals surface area contributed by atoms with E-state index in [4.69, 9.17) is 9.47 Å². The van der Waals surface area contributed by atoms with E-state index >= 15 is 0 Å². The molecule has 0 aromatic heterocycles. The quantitative estimate of drug-likeness (QED) is 0.138. The minimum Gasteiger partial charge on any atom is -0.500 e. The first-order chi connectivity index (χ1) is 17.0. The normalized spacial score (nSPS) is 11.8. The summed E-state index contributed by atoms with van der Waals surface area (Å²) in [5.74, 6) is -2.12. The summed E-state index contributed by atoms with van der Waals surface area (Å²) < 4.78 is 14.8. The number of amides is 1. The van der Waals surface area contributed by atoms with Crippen molar-refractivity contribution in [2.45, 2.75) is 26.0 Å². The summed E-state index contributed by atoms with van der Waals surface area (Å²) in [5.41, 5.74) is -1.90. The highest BCUT2D eigenvalue weighted by atomic mass is 31.2. The number of nitrogens with zero attached hydrogens (tertiary/aromatic N) is 1. The number of nitrogens with one attached hydrogen (secondary N) is 1. The maximum absolute atomic E-state index is 12.8. The van der Waals surface area contributed by atoms with E-state index in [9.17, 15) is 39.4 Å². The number of hydrogen-bond donors (Lipinski definition) is 4. The predicted octanol–water partition coefficient (Wildman–Crippen LogP) is 2.53. The van der Waals surface area contributed by atoms with Gasteiger partial charge in [0.05, 0.1) is 24.2 Å². The third-order valence-electron chi connectivity index (χ3n) is 4.84. The third-order valence-corrected chi connectivity index (χ3v) is 6.63. The van der Waals surface area contributed by atoms with Crippen molar-refractivity contribution in [3.63, 3.8) is 0 Å². The van der Waals surface area contributed by atoms with Crippen LogP contribution in [0.25, 0.3) is 0 Å². The van der Waals surface area contributed by atoms with Gasteiger partial charge in [-0.1, -0.05) is 30.3 Å². The number of rotatable bonds is 12. The third kappa shape index (κ3) is 7.60. The Hall–Kier alpha value is -3.80. The summed E-state index contributed by atoms with van der Waals surface area (Å²) in [7, 11) is -3.41. The molecule has 0 saturated carbocycles. The van der Waals surface area contributed by atoms with Gasteiger partial charge >= 0.3 is 31.0 Å². The number of phenols is 1. The van der Waals surface area contributed by atoms with Gasteiger partial charge in [-0.2, -0.15) is 0 Å². The summed E-state index contributed by atoms with van der Waals surface area (Å²) in [6.07, 6.45) is -2.06. The van der Waals surface area contributed by atoms with E-state index in [2.05, 4.69) is 10.1 Å². The molecular formula is C22H26N2O11P+. The number of benzene rings is 2. The topological polar surface area (TPSA) is 195 Å². The Labute approximate surface area is 206 Å². The number of hydrogen-bond acceptors (Lipinski definition) is 11. The standard InChI is InChI=1S/C22H25N2O11P/c1-3-34-18-12-15(11-17(19(18)25)24(29)30)21(27)36(31,32)10-9-16(20(26)33-2)23-22(28)35-13-14-7-5-4-6-8-14/h4-8,11-12,16,31-32H,3,9-10,13H2,1-2H3,(H-,23,25,27,28)/p+1/t16-/m0/s1. The molecule has 0 radical (unpaired) electrons. The first-order valence-electron chi connectivity index (χ1n) is 10.6. The van der Waals surface area contributed by atoms with Crippen molar-refractivity contribution >= 4 is 31.0 Å². The number of nitro benzene ring substituents is 1. The summed E-state index contributed by atoms with van der Waals surface area (Å²) in [5, 5.41) is 23.5. The fraction of sp³-hybridized carbons (Fsp3) is 0.318. The van der Waals surface area contributed by atoms with Gasteiger partial charge in [0.25, 0.3) is 0 Å². The van der Waals surface area contributed by atoms with Crippen LogP contribution in [-0.2, 0) is 20.9 Å². The molecule has 14 heteroatoms. The zero-order valence-electron chi connectivity index (χ0n) is 19.4. The van der Waals surface area contributed by atoms with Gasteiger partial charge < -0.3 is 24.6 Å². The van der Waals surface area contributed by atoms with Gasteiger partial charge in [0, 0.05) is 12.5 Å². The van der Waals surface area contributed by atoms with E-state index in [-0.39, 0.29) is 19.0 Å². The lowest BCUT2D eigenvalue weighted by atomic mass is 10.2. The molecule has 194 valence electrons. The summed E-state index contributed by atoms with van der Waals surface area (Å²) in [6, 6.07) is 8.98. The number of phenolic OH excluding ortho intramolecular Hbond substituents is 1. The lowest BCUT2D eigenvalue weighted by Gasteiger charge is -2.18. The van der Waals surface area contributed by atoms with E-state index in [1.807, 2.05) is 0 Å². The van der Waals surface area contributed by atoms with E-state index in [0.29, 0.717) is 11.6 Å². The highest BCUT2D eigenvalue weighted by molar-refractivity contribution is 7.81. The number of nitro groups is 1. The van der Waals surface area contributed by atoms with E-state index < -0.39 is 65.9 Å². The fourth-order valence-electron chi connectivity index (χ4n) is 3.04. The largest absolute Gasteiger partial charge is 0.500 e. The molecule has 2 aromatic carbocycles. The Morgan fingerprint density at radius 1 is 1.17 bits per heavy atom. The molecule has 0 aliphatic carbocycles. The summed E-state index contributed by atoms with van der Waals surface area (Å²) in [4.78, 5) is 68.3. The molecule has 2 rings (SSSR count). The maximum Gasteiger partial charge on any atom is 0.408 e. The van der Waals surface area contributed by atoms with Gasteiger partial charge in [0.2, 0.25) is 5.75 Å². The number of ether oxygens (including phenoxy) is 3. The SMILES string of the molecule is CCOc1cc(C(=O)[P+](O)(O)CC[C@H](NC(=O)OCc2ccccc2)C(=O)OC)cc([N+](=O)[O-])c1O. The molecule has 13 nitrogen and oxygen atoms in total. The minimum atomic E-state index is -4.47. The molecule has 36 heavy (non-hydrogen) atoms. The zero-order valence-corrected chi connectivity index (χ0v) is 20.3. The molecule has 1 atom stereocenters. The Balaban J connectivity index is 2.13. The molecule has 0 aliphatic heterocycles. The Bertz CT molecular complexity index is 1110. The van der Waals surface area contributed by atoms with Crippen molar-refractivity contribution in [1.29, 1.82) is 0 Å². The molecular weight excluding hydrogens is 499 g/mol. The van der Waals surface area contributed by atoms with Gasteiger partial charge in [-0.05, 0) is 18.6 Å². The number of carbonyl (C=O) groups excluding carboxylic acids is 3. The molecule has 0 unspecified atom stereocenters. The van der Waals surface area contributed by atoms with Gasteiger partial charge in [-0.15, -0.1) is 0 Å². The molecule has 2 aromatic rings. The second-order valence-corrected chi connectivity index (χ2v) is 9.68. The van der Waals surface area contributed by atoms with Crippen LogP contribution in [0.1, 0.15) is 29.3 Å². The van der Waals surface area contributed by atoms with Crippen LogP contribution in [0, 0.1) is 10.1 Å². The van der Waals surface area contributed by atoms with Crippen molar-refractivity contribution in [1.82, 2.24) is 5.32 Å². The van der Waals surface area contributed by atoms with Gasteiger partial charge in [0.15, 0.2) is 5.75 Å². The predicted molar refractivity (Wildman–Crippen MR) is 127 cm³/mol. The van der Waals surface area contributed by atoms with Crippen molar-refractivity contribution in [3.05, 3.63) is 63.7 Å². The van der Waals surface area contributed by atoms with E-state index in [0.717, 1.165) is 13.2 Å². The van der Waals surface area contributed by atoms with Gasteiger partial charge in [-0.25, -0.2) is 24.2 Å². The van der Waals surface area contributed by atoms with Crippen LogP contribution in [0.4, 0.5) is 10.5 Å². The van der Waals surface area contributed by atoms with E-state index in [1.54, 1.807) is 37.3 Å². The highest BCUT2D eigenvalue weighted by Gasteiger charge is 2.46. The molecule has 0 aliphatic rings. The second kappa shape index (κ2) is 12.8. The molecule has 0 spiro atoms. The first kappa shape index (κ1) is 28.4. The fourth-order valence-corrected chi connectivity index (χ4v) is 4.40. The van der Waals surface area contributed by atoms with Crippen molar-refractivity contribution in [3.8, 4) is 11.5 Å². The van der Waals surface area contributed by atoms with Crippen LogP contribution in [0.2, 0.25) is 0 Å². The van der Waals surface area contributed by atoms with Crippen LogP contribution in [0.3, 0.4) is 0 Å². The Morgan fingerprint density at radius 3 is 2.42 bits per heavy atom. The average molecular weight is 525 g/mol. The lowest BCUT2D eigenvalue weighted by Crippen LogP contribution is -2.42. The zero-order chi connectivity index (χ0) is 26.9. The van der Waals surface area contributed by atoms with Crippen LogP contribution in [-0.4, -0.2) is 63.3 Å². The molecule has 0 heterocycles. The molecule has 0 bridgehead atoms. The number of carbonyl (C=O) groups is 3. The van der Waals surface area contributed by atoms with Crippen molar-refractivity contribution in [2.24, 2.45) is 0 Å². The summed E-state index contributed by atoms with van der Waals surface area (Å²) in [6.45, 7) is 1.46. The number of esters is 1. The molecule has 4 N–H and O–H groups in total. The van der Waals surface area contributed by atoms with Crippen molar-refractivity contribution in [2.75, 3.05) is 19.9 Å². The molecule has 1 amide bonds. The number of alkyl carbamates (subject to hydrolysis) is 1. The molecule has 0 fully saturated rings. The number of aromatic hydroxyl groups is 1.